The van der Waals surface area contributed by atoms with E-state index in [9.17, 15) is 22.8 Å². The average molecular weight is 523 g/mol. The second kappa shape index (κ2) is 12.0. The fourth-order valence-corrected chi connectivity index (χ4v) is 4.40. The lowest BCUT2D eigenvalue weighted by Gasteiger charge is -2.34. The summed E-state index contributed by atoms with van der Waals surface area (Å²) in [5, 5.41) is 5.50. The molecule has 198 valence electrons. The molecule has 1 saturated heterocycles. The number of likely N-dealkylation sites (tertiary alicyclic amines) is 1. The molecule has 1 unspecified atom stereocenters. The third-order valence-corrected chi connectivity index (χ3v) is 6.38. The second-order valence-corrected chi connectivity index (χ2v) is 9.14. The lowest BCUT2D eigenvalue weighted by molar-refractivity contribution is -0.137. The summed E-state index contributed by atoms with van der Waals surface area (Å²) in [6.45, 7) is 1.49. The number of rotatable bonds is 7. The van der Waals surface area contributed by atoms with Crippen molar-refractivity contribution in [3.8, 4) is 0 Å². The molecule has 1 fully saturated rings. The van der Waals surface area contributed by atoms with Crippen LogP contribution in [0.5, 0.6) is 0 Å². The smallest absolute Gasteiger partial charge is 0.397 e. The Morgan fingerprint density at radius 2 is 1.53 bits per heavy atom. The van der Waals surface area contributed by atoms with Gasteiger partial charge in [0.15, 0.2) is 0 Å². The molecule has 0 radical (unpaired) electrons. The minimum atomic E-state index is -4.44. The van der Waals surface area contributed by atoms with E-state index in [2.05, 4.69) is 15.5 Å². The number of para-hydroxylation sites is 2. The van der Waals surface area contributed by atoms with Gasteiger partial charge in [-0.1, -0.05) is 42.8 Å². The number of nitrogens with zero attached hydrogens (tertiary/aromatic N) is 1. The van der Waals surface area contributed by atoms with Crippen LogP contribution < -0.4 is 16.4 Å². The van der Waals surface area contributed by atoms with E-state index in [0.29, 0.717) is 17.1 Å². The molecule has 6 nitrogen and oxygen atoms in total. The molecule has 0 saturated carbocycles. The fraction of sp³-hybridized carbons (Fsp3) is 0.241. The van der Waals surface area contributed by atoms with E-state index in [1.807, 2.05) is 24.3 Å². The van der Waals surface area contributed by atoms with Gasteiger partial charge in [-0.2, -0.15) is 13.2 Å². The molecule has 0 aromatic heterocycles. The summed E-state index contributed by atoms with van der Waals surface area (Å²) in [7, 11) is 0. The molecule has 38 heavy (non-hydrogen) atoms. The fourth-order valence-electron chi connectivity index (χ4n) is 4.40. The van der Waals surface area contributed by atoms with Gasteiger partial charge < -0.3 is 16.4 Å². The van der Waals surface area contributed by atoms with Crippen LogP contribution in [0.1, 0.15) is 42.0 Å². The maximum Gasteiger partial charge on any atom is 0.416 e. The summed E-state index contributed by atoms with van der Waals surface area (Å²) >= 11 is 0. The Labute approximate surface area is 219 Å². The minimum Gasteiger partial charge on any atom is -0.397 e. The minimum absolute atomic E-state index is 0.301. The van der Waals surface area contributed by atoms with E-state index in [0.717, 1.165) is 55.6 Å². The van der Waals surface area contributed by atoms with Crippen molar-refractivity contribution >= 4 is 35.0 Å². The van der Waals surface area contributed by atoms with Crippen LogP contribution in [-0.4, -0.2) is 29.8 Å². The first kappa shape index (κ1) is 26.9. The van der Waals surface area contributed by atoms with Gasteiger partial charge in [-0.15, -0.1) is 0 Å². The first-order chi connectivity index (χ1) is 18.2. The number of nitrogens with one attached hydrogen (secondary N) is 2. The monoisotopic (exact) mass is 522 g/mol. The zero-order chi connectivity index (χ0) is 27.1. The molecule has 9 heteroatoms. The highest BCUT2D eigenvalue weighted by Gasteiger charge is 2.31. The van der Waals surface area contributed by atoms with Gasteiger partial charge in [-0.05, 0) is 79.5 Å². The van der Waals surface area contributed by atoms with Crippen molar-refractivity contribution in [2.75, 3.05) is 29.5 Å². The van der Waals surface area contributed by atoms with Crippen LogP contribution in [0.25, 0.3) is 6.08 Å². The van der Waals surface area contributed by atoms with Gasteiger partial charge in [-0.3, -0.25) is 14.5 Å². The van der Waals surface area contributed by atoms with Gasteiger partial charge in [0.1, 0.15) is 6.04 Å². The average Bonchev–Trinajstić information content (AvgIpc) is 2.90. The van der Waals surface area contributed by atoms with Crippen molar-refractivity contribution in [2.24, 2.45) is 0 Å². The van der Waals surface area contributed by atoms with Gasteiger partial charge in [0.05, 0.1) is 16.9 Å². The standard InChI is InChI=1S/C29H29F3N4O2/c30-29(31,32)22-13-15-23(16-14-22)34-28(38)27(36-18-4-1-5-19-36)21-11-8-20(9-12-21)10-17-26(37)35-25-7-3-2-6-24(25)33/h2-3,6-17,27H,1,4-5,18-19,33H2,(H,34,38)(H,35,37)/b17-10+. The lowest BCUT2D eigenvalue weighted by atomic mass is 9.99. The van der Waals surface area contributed by atoms with Crippen LogP contribution in [0.2, 0.25) is 0 Å². The van der Waals surface area contributed by atoms with Crippen molar-refractivity contribution < 1.29 is 22.8 Å². The molecule has 1 atom stereocenters. The predicted molar refractivity (Wildman–Crippen MR) is 143 cm³/mol. The quantitative estimate of drug-likeness (QED) is 0.258. The Bertz CT molecular complexity index is 1280. The highest BCUT2D eigenvalue weighted by molar-refractivity contribution is 6.03. The summed E-state index contributed by atoms with van der Waals surface area (Å²) in [6.07, 6.45) is 1.64. The maximum absolute atomic E-state index is 13.3. The van der Waals surface area contributed by atoms with E-state index in [1.54, 1.807) is 30.3 Å². The van der Waals surface area contributed by atoms with Gasteiger partial charge in [0.25, 0.3) is 0 Å². The molecular formula is C29H29F3N4O2. The summed E-state index contributed by atoms with van der Waals surface area (Å²) in [6, 6.07) is 18.1. The molecule has 0 bridgehead atoms. The van der Waals surface area contributed by atoms with Crippen molar-refractivity contribution in [2.45, 2.75) is 31.5 Å². The number of nitrogen functional groups attached to an aromatic ring is 1. The zero-order valence-electron chi connectivity index (χ0n) is 20.7. The number of carbonyl (C=O) groups excluding carboxylic acids is 2. The van der Waals surface area contributed by atoms with Crippen LogP contribution in [-0.2, 0) is 15.8 Å². The Morgan fingerprint density at radius 3 is 2.16 bits per heavy atom. The van der Waals surface area contributed by atoms with Crippen LogP contribution in [0.3, 0.4) is 0 Å². The second-order valence-electron chi connectivity index (χ2n) is 9.14. The van der Waals surface area contributed by atoms with E-state index in [4.69, 9.17) is 5.73 Å². The number of hydrogen-bond acceptors (Lipinski definition) is 4. The Kier molecular flexibility index (Phi) is 8.48. The zero-order valence-corrected chi connectivity index (χ0v) is 20.7. The number of anilines is 3. The largest absolute Gasteiger partial charge is 0.416 e. The molecule has 1 aliphatic rings. The molecule has 0 aliphatic carbocycles. The van der Waals surface area contributed by atoms with E-state index < -0.39 is 17.8 Å². The van der Waals surface area contributed by atoms with Crippen LogP contribution >= 0.6 is 0 Å². The molecule has 1 aliphatic heterocycles. The molecule has 2 amide bonds. The number of carbonyl (C=O) groups is 2. The summed E-state index contributed by atoms with van der Waals surface area (Å²) in [5.41, 5.74) is 7.91. The maximum atomic E-state index is 13.3. The number of benzene rings is 3. The van der Waals surface area contributed by atoms with E-state index >= 15 is 0 Å². The Morgan fingerprint density at radius 1 is 0.868 bits per heavy atom. The van der Waals surface area contributed by atoms with Gasteiger partial charge in [0.2, 0.25) is 11.8 Å². The van der Waals surface area contributed by atoms with Crippen molar-refractivity contribution in [1.82, 2.24) is 4.90 Å². The molecule has 3 aromatic rings. The number of nitrogens with two attached hydrogens (primary N) is 1. The third-order valence-electron chi connectivity index (χ3n) is 6.38. The van der Waals surface area contributed by atoms with Gasteiger partial charge >= 0.3 is 6.18 Å². The number of piperidine rings is 1. The Balaban J connectivity index is 1.47. The normalized spacial score (nSPS) is 15.2. The van der Waals surface area contributed by atoms with Crippen molar-refractivity contribution in [3.05, 3.63) is 95.6 Å². The first-order valence-electron chi connectivity index (χ1n) is 12.4. The van der Waals surface area contributed by atoms with Crippen LogP contribution in [0, 0.1) is 0 Å². The van der Waals surface area contributed by atoms with Crippen molar-refractivity contribution in [3.63, 3.8) is 0 Å². The van der Waals surface area contributed by atoms with Crippen molar-refractivity contribution in [1.29, 1.82) is 0 Å². The van der Waals surface area contributed by atoms with Crippen LogP contribution in [0.4, 0.5) is 30.2 Å². The number of halogens is 3. The Hall–Kier alpha value is -4.11. The molecule has 4 rings (SSSR count). The van der Waals surface area contributed by atoms with E-state index in [1.165, 1.54) is 18.2 Å². The van der Waals surface area contributed by atoms with E-state index in [-0.39, 0.29) is 11.8 Å². The molecule has 3 aromatic carbocycles. The summed E-state index contributed by atoms with van der Waals surface area (Å²) in [5.74, 6) is -0.635. The van der Waals surface area contributed by atoms with Gasteiger partial charge in [-0.25, -0.2) is 0 Å². The number of hydrogen-bond donors (Lipinski definition) is 3. The lowest BCUT2D eigenvalue weighted by Crippen LogP contribution is -2.40. The summed E-state index contributed by atoms with van der Waals surface area (Å²) < 4.78 is 38.7. The topological polar surface area (TPSA) is 87.5 Å². The number of alkyl halides is 3. The highest BCUT2D eigenvalue weighted by Crippen LogP contribution is 2.31. The number of amides is 2. The molecule has 1 heterocycles. The highest BCUT2D eigenvalue weighted by atomic mass is 19.4. The first-order valence-corrected chi connectivity index (χ1v) is 12.4. The summed E-state index contributed by atoms with van der Waals surface area (Å²) in [4.78, 5) is 27.7. The molecule has 0 spiro atoms. The van der Waals surface area contributed by atoms with Gasteiger partial charge in [0, 0.05) is 11.8 Å². The third kappa shape index (κ3) is 7.01. The van der Waals surface area contributed by atoms with Crippen LogP contribution in [0.15, 0.2) is 78.9 Å². The predicted octanol–water partition coefficient (Wildman–Crippen LogP) is 6.11. The SMILES string of the molecule is Nc1ccccc1NC(=O)/C=C/c1ccc(C(C(=O)Nc2ccc(C(F)(F)F)cc2)N2CCCCC2)cc1. The molecule has 4 N–H and O–H groups in total. The molecular weight excluding hydrogens is 493 g/mol.